The summed E-state index contributed by atoms with van der Waals surface area (Å²) in [7, 11) is 0. The topological polar surface area (TPSA) is 86.0 Å². The molecule has 4 rings (SSSR count). The van der Waals surface area contributed by atoms with E-state index in [1.54, 1.807) is 0 Å². The van der Waals surface area contributed by atoms with Gasteiger partial charge in [0.2, 0.25) is 11.8 Å². The highest BCUT2D eigenvalue weighted by molar-refractivity contribution is 5.90. The van der Waals surface area contributed by atoms with Crippen LogP contribution in [-0.2, 0) is 28.9 Å². The number of aromatic nitrogens is 1. The van der Waals surface area contributed by atoms with Crippen LogP contribution in [0.4, 0.5) is 0 Å². The highest BCUT2D eigenvalue weighted by Crippen LogP contribution is 2.19. The Morgan fingerprint density at radius 3 is 2.11 bits per heavy atom. The monoisotopic (exact) mass is 468 g/mol. The largest absolute Gasteiger partial charge is 0.361 e. The Morgan fingerprint density at radius 2 is 1.40 bits per heavy atom. The summed E-state index contributed by atoms with van der Waals surface area (Å²) in [6.07, 6.45) is 3.91. The molecule has 0 fully saturated rings. The molecule has 0 unspecified atom stereocenters. The summed E-state index contributed by atoms with van der Waals surface area (Å²) in [4.78, 5) is 29.0. The highest BCUT2D eigenvalue weighted by Gasteiger charge is 2.22. The standard InChI is InChI=1S/C29H32N4O2/c34-28(21-30-17-15-22-9-3-1-4-10-22)33-27(19-24-20-32-26-14-8-7-13-25(24)26)29(35)31-18-16-23-11-5-2-6-12-23/h1-14,20,27,30,32H,15-19,21H2,(H,31,35)(H,33,34)/t27-/m1/s1. The molecular weight excluding hydrogens is 436 g/mol. The Labute approximate surface area is 206 Å². The predicted molar refractivity (Wildman–Crippen MR) is 140 cm³/mol. The van der Waals surface area contributed by atoms with Crippen LogP contribution in [-0.4, -0.2) is 42.5 Å². The van der Waals surface area contributed by atoms with Crippen LogP contribution in [0, 0.1) is 0 Å². The number of amides is 2. The van der Waals surface area contributed by atoms with Gasteiger partial charge in [-0.2, -0.15) is 0 Å². The minimum Gasteiger partial charge on any atom is -0.361 e. The average molecular weight is 469 g/mol. The molecule has 0 spiro atoms. The third-order valence-corrected chi connectivity index (χ3v) is 6.03. The SMILES string of the molecule is O=C(CNCCc1ccccc1)N[C@H](Cc1c[nH]c2ccccc12)C(=O)NCCc1ccccc1. The van der Waals surface area contributed by atoms with Crippen molar-refractivity contribution < 1.29 is 9.59 Å². The van der Waals surface area contributed by atoms with Gasteiger partial charge in [0.05, 0.1) is 6.54 Å². The summed E-state index contributed by atoms with van der Waals surface area (Å²) >= 11 is 0. The molecule has 1 atom stereocenters. The number of rotatable bonds is 12. The maximum Gasteiger partial charge on any atom is 0.242 e. The number of benzene rings is 3. The van der Waals surface area contributed by atoms with Crippen LogP contribution in [0.2, 0.25) is 0 Å². The van der Waals surface area contributed by atoms with Gasteiger partial charge < -0.3 is 20.9 Å². The van der Waals surface area contributed by atoms with Gasteiger partial charge in [0.15, 0.2) is 0 Å². The fourth-order valence-corrected chi connectivity index (χ4v) is 4.15. The van der Waals surface area contributed by atoms with Gasteiger partial charge in [-0.3, -0.25) is 9.59 Å². The van der Waals surface area contributed by atoms with Crippen LogP contribution >= 0.6 is 0 Å². The van der Waals surface area contributed by atoms with Crippen molar-refractivity contribution in [2.75, 3.05) is 19.6 Å². The number of hydrogen-bond donors (Lipinski definition) is 4. The number of fused-ring (bicyclic) bond motifs is 1. The molecule has 1 heterocycles. The van der Waals surface area contributed by atoms with Crippen LogP contribution in [0.3, 0.4) is 0 Å². The Morgan fingerprint density at radius 1 is 0.771 bits per heavy atom. The lowest BCUT2D eigenvalue weighted by molar-refractivity contribution is -0.128. The second-order valence-electron chi connectivity index (χ2n) is 8.62. The number of carbonyl (C=O) groups excluding carboxylic acids is 2. The Balaban J connectivity index is 1.34. The first-order valence-electron chi connectivity index (χ1n) is 12.1. The first kappa shape index (κ1) is 24.2. The first-order chi connectivity index (χ1) is 17.2. The molecule has 0 aliphatic heterocycles. The second-order valence-corrected chi connectivity index (χ2v) is 8.62. The molecular formula is C29H32N4O2. The fraction of sp³-hybridized carbons (Fsp3) is 0.241. The Bertz CT molecular complexity index is 1220. The highest BCUT2D eigenvalue weighted by atomic mass is 16.2. The van der Waals surface area contributed by atoms with E-state index < -0.39 is 6.04 Å². The van der Waals surface area contributed by atoms with Crippen LogP contribution in [0.25, 0.3) is 10.9 Å². The van der Waals surface area contributed by atoms with Crippen molar-refractivity contribution in [3.8, 4) is 0 Å². The van der Waals surface area contributed by atoms with Crippen molar-refractivity contribution in [3.63, 3.8) is 0 Å². The van der Waals surface area contributed by atoms with E-state index in [2.05, 4.69) is 33.1 Å². The van der Waals surface area contributed by atoms with E-state index in [0.29, 0.717) is 19.5 Å². The van der Waals surface area contributed by atoms with Crippen LogP contribution < -0.4 is 16.0 Å². The lowest BCUT2D eigenvalue weighted by Crippen LogP contribution is -2.50. The van der Waals surface area contributed by atoms with Crippen molar-refractivity contribution in [2.45, 2.75) is 25.3 Å². The smallest absolute Gasteiger partial charge is 0.242 e. The molecule has 180 valence electrons. The number of para-hydroxylation sites is 1. The molecule has 3 aromatic carbocycles. The molecule has 0 aliphatic carbocycles. The molecule has 0 bridgehead atoms. The normalized spacial score (nSPS) is 11.8. The lowest BCUT2D eigenvalue weighted by Gasteiger charge is -2.19. The quantitative estimate of drug-likeness (QED) is 0.241. The van der Waals surface area contributed by atoms with Crippen molar-refractivity contribution in [1.29, 1.82) is 0 Å². The zero-order chi connectivity index (χ0) is 24.3. The Hall–Kier alpha value is -3.90. The molecule has 0 saturated carbocycles. The number of hydrogen-bond acceptors (Lipinski definition) is 3. The van der Waals surface area contributed by atoms with Gasteiger partial charge in [-0.1, -0.05) is 78.9 Å². The summed E-state index contributed by atoms with van der Waals surface area (Å²) < 4.78 is 0. The van der Waals surface area contributed by atoms with Crippen LogP contribution in [0.15, 0.2) is 91.1 Å². The third kappa shape index (κ3) is 7.29. The van der Waals surface area contributed by atoms with Crippen LogP contribution in [0.5, 0.6) is 0 Å². The number of carbonyl (C=O) groups is 2. The lowest BCUT2D eigenvalue weighted by atomic mass is 10.0. The molecule has 0 aliphatic rings. The number of aromatic amines is 1. The van der Waals surface area contributed by atoms with E-state index in [1.807, 2.05) is 79.0 Å². The van der Waals surface area contributed by atoms with E-state index in [-0.39, 0.29) is 18.4 Å². The molecule has 6 nitrogen and oxygen atoms in total. The van der Waals surface area contributed by atoms with E-state index >= 15 is 0 Å². The minimum atomic E-state index is -0.659. The average Bonchev–Trinajstić information content (AvgIpc) is 3.30. The summed E-state index contributed by atoms with van der Waals surface area (Å²) in [5.41, 5.74) is 4.39. The van der Waals surface area contributed by atoms with Gasteiger partial charge in [-0.05, 0) is 42.1 Å². The van der Waals surface area contributed by atoms with Crippen molar-refractivity contribution in [2.24, 2.45) is 0 Å². The maximum absolute atomic E-state index is 13.1. The zero-order valence-corrected chi connectivity index (χ0v) is 19.8. The summed E-state index contributed by atoms with van der Waals surface area (Å²) in [5.74, 6) is -0.370. The molecule has 0 saturated heterocycles. The number of H-pyrrole nitrogens is 1. The minimum absolute atomic E-state index is 0.161. The predicted octanol–water partition coefficient (Wildman–Crippen LogP) is 3.39. The van der Waals surface area contributed by atoms with Crippen molar-refractivity contribution >= 4 is 22.7 Å². The molecule has 6 heteroatoms. The van der Waals surface area contributed by atoms with E-state index in [1.165, 1.54) is 5.56 Å². The van der Waals surface area contributed by atoms with Gasteiger partial charge in [0, 0.05) is 30.1 Å². The van der Waals surface area contributed by atoms with Crippen molar-refractivity contribution in [1.82, 2.24) is 20.9 Å². The van der Waals surface area contributed by atoms with Gasteiger partial charge in [0.1, 0.15) is 6.04 Å². The molecule has 0 radical (unpaired) electrons. The summed E-state index contributed by atoms with van der Waals surface area (Å²) in [6, 6.07) is 27.5. The summed E-state index contributed by atoms with van der Waals surface area (Å²) in [5, 5.41) is 10.2. The van der Waals surface area contributed by atoms with Crippen molar-refractivity contribution in [3.05, 3.63) is 108 Å². The fourth-order valence-electron chi connectivity index (χ4n) is 4.15. The molecule has 4 aromatic rings. The number of nitrogens with one attached hydrogen (secondary N) is 4. The molecule has 35 heavy (non-hydrogen) atoms. The van der Waals surface area contributed by atoms with Gasteiger partial charge >= 0.3 is 0 Å². The molecule has 1 aromatic heterocycles. The summed E-state index contributed by atoms with van der Waals surface area (Å²) in [6.45, 7) is 1.36. The Kier molecular flexibility index (Phi) is 8.68. The van der Waals surface area contributed by atoms with E-state index in [9.17, 15) is 9.59 Å². The van der Waals surface area contributed by atoms with E-state index in [0.717, 1.165) is 34.9 Å². The van der Waals surface area contributed by atoms with Gasteiger partial charge in [-0.15, -0.1) is 0 Å². The molecule has 4 N–H and O–H groups in total. The third-order valence-electron chi connectivity index (χ3n) is 6.03. The first-order valence-corrected chi connectivity index (χ1v) is 12.1. The maximum atomic E-state index is 13.1. The second kappa shape index (κ2) is 12.5. The van der Waals surface area contributed by atoms with E-state index in [4.69, 9.17) is 0 Å². The van der Waals surface area contributed by atoms with Gasteiger partial charge in [-0.25, -0.2) is 0 Å². The van der Waals surface area contributed by atoms with Crippen LogP contribution in [0.1, 0.15) is 16.7 Å². The molecule has 2 amide bonds. The zero-order valence-electron chi connectivity index (χ0n) is 19.8. The van der Waals surface area contributed by atoms with Gasteiger partial charge in [0.25, 0.3) is 0 Å².